The maximum atomic E-state index is 6.64. The predicted molar refractivity (Wildman–Crippen MR) is 124 cm³/mol. The maximum absolute atomic E-state index is 6.64. The van der Waals surface area contributed by atoms with Crippen LogP contribution in [0.25, 0.3) is 5.65 Å². The highest BCUT2D eigenvalue weighted by Gasteiger charge is 2.47. The van der Waals surface area contributed by atoms with Crippen LogP contribution in [-0.4, -0.2) is 42.2 Å². The molecule has 0 aliphatic carbocycles. The number of hydrogen-bond donors (Lipinski definition) is 2. The fraction of sp³-hybridized carbons (Fsp3) is 0.333. The Morgan fingerprint density at radius 2 is 1.94 bits per heavy atom. The minimum absolute atomic E-state index is 0.0369. The summed E-state index contributed by atoms with van der Waals surface area (Å²) in [5, 5.41) is 5.64. The van der Waals surface area contributed by atoms with Crippen molar-refractivity contribution >= 4 is 40.6 Å². The summed E-state index contributed by atoms with van der Waals surface area (Å²) in [5.74, 6) is 1.34. The zero-order chi connectivity index (χ0) is 21.9. The summed E-state index contributed by atoms with van der Waals surface area (Å²) in [7, 11) is 0. The third kappa shape index (κ3) is 2.97. The van der Waals surface area contributed by atoms with E-state index in [9.17, 15) is 0 Å². The van der Waals surface area contributed by atoms with E-state index in [-0.39, 0.29) is 11.5 Å². The first-order chi connectivity index (χ1) is 15.6. The monoisotopic (exact) mass is 467 g/mol. The minimum atomic E-state index is 0.0369. The van der Waals surface area contributed by atoms with Crippen LogP contribution in [0.1, 0.15) is 24.6 Å². The van der Waals surface area contributed by atoms with Gasteiger partial charge in [-0.15, -0.1) is 0 Å². The normalized spacial score (nSPS) is 19.7. The second-order valence-corrected chi connectivity index (χ2v) is 9.80. The summed E-state index contributed by atoms with van der Waals surface area (Å²) < 4.78 is 4.16. The number of piperidine rings is 1. The molecule has 9 nitrogen and oxygen atoms in total. The highest BCUT2D eigenvalue weighted by molar-refractivity contribution is 7.99. The van der Waals surface area contributed by atoms with Crippen molar-refractivity contribution in [2.75, 3.05) is 23.7 Å². The first-order valence-corrected chi connectivity index (χ1v) is 11.7. The second kappa shape index (κ2) is 7.36. The lowest BCUT2D eigenvalue weighted by molar-refractivity contribution is 0.170. The summed E-state index contributed by atoms with van der Waals surface area (Å²) >= 11 is 7.77. The zero-order valence-corrected chi connectivity index (χ0v) is 18.8. The molecule has 4 N–H and O–H groups in total. The van der Waals surface area contributed by atoms with Gasteiger partial charge in [-0.05, 0) is 25.0 Å². The van der Waals surface area contributed by atoms with Crippen LogP contribution in [0.2, 0.25) is 5.02 Å². The summed E-state index contributed by atoms with van der Waals surface area (Å²) in [6, 6.07) is 3.91. The molecule has 11 heteroatoms. The molecule has 0 saturated carbocycles. The molecule has 6 heterocycles. The predicted octanol–water partition coefficient (Wildman–Crippen LogP) is 3.01. The number of imidazole rings is 1. The smallest absolute Gasteiger partial charge is 0.171 e. The van der Waals surface area contributed by atoms with E-state index in [0.29, 0.717) is 10.8 Å². The zero-order valence-electron chi connectivity index (χ0n) is 17.2. The molecule has 1 spiro atoms. The summed E-state index contributed by atoms with van der Waals surface area (Å²) in [5.41, 5.74) is 14.5. The van der Waals surface area contributed by atoms with Crippen molar-refractivity contribution in [3.05, 3.63) is 53.8 Å². The standard InChI is InChI=1S/C21H22ClN9S/c22-16-14(2-5-25-18(16)24)32-20-19-26-7-10-30(19)15(11-27-20)29-8-3-21(4-9-29)12-31-13(17(21)23)1-6-28-31/h1-2,5-7,10-11,17H,3-4,8-9,12,23H2,(H2,24,25)/t17-/m1/s1. The Morgan fingerprint density at radius 3 is 2.75 bits per heavy atom. The van der Waals surface area contributed by atoms with Crippen molar-refractivity contribution in [3.8, 4) is 0 Å². The minimum Gasteiger partial charge on any atom is -0.382 e. The molecule has 32 heavy (non-hydrogen) atoms. The molecule has 6 rings (SSSR count). The molecule has 0 radical (unpaired) electrons. The van der Waals surface area contributed by atoms with Crippen LogP contribution in [0.4, 0.5) is 11.6 Å². The number of pyridine rings is 1. The number of fused-ring (bicyclic) bond motifs is 2. The lowest BCUT2D eigenvalue weighted by atomic mass is 9.73. The lowest BCUT2D eigenvalue weighted by Gasteiger charge is -2.42. The van der Waals surface area contributed by atoms with Crippen molar-refractivity contribution in [1.82, 2.24) is 29.1 Å². The molecule has 0 bridgehead atoms. The molecular weight excluding hydrogens is 446 g/mol. The Labute approximate surface area is 193 Å². The molecule has 2 aliphatic heterocycles. The number of nitrogens with zero attached hydrogens (tertiary/aromatic N) is 7. The van der Waals surface area contributed by atoms with Crippen molar-refractivity contribution in [2.24, 2.45) is 11.1 Å². The van der Waals surface area contributed by atoms with Gasteiger partial charge in [0.1, 0.15) is 16.7 Å². The molecule has 2 aliphatic rings. The van der Waals surface area contributed by atoms with Crippen molar-refractivity contribution < 1.29 is 0 Å². The topological polar surface area (TPSA) is 116 Å². The first-order valence-electron chi connectivity index (χ1n) is 10.5. The molecule has 1 saturated heterocycles. The van der Waals surface area contributed by atoms with Crippen LogP contribution in [0.15, 0.2) is 53.0 Å². The van der Waals surface area contributed by atoms with E-state index >= 15 is 0 Å². The van der Waals surface area contributed by atoms with Gasteiger partial charge in [0.15, 0.2) is 5.65 Å². The molecule has 0 amide bonds. The molecule has 1 atom stereocenters. The third-order valence-corrected chi connectivity index (χ3v) is 8.29. The van der Waals surface area contributed by atoms with E-state index in [4.69, 9.17) is 28.1 Å². The Kier molecular flexibility index (Phi) is 4.56. The van der Waals surface area contributed by atoms with Gasteiger partial charge in [0, 0.05) is 54.7 Å². The molecule has 1 fully saturated rings. The number of anilines is 2. The fourth-order valence-electron chi connectivity index (χ4n) is 4.91. The number of nitrogens with two attached hydrogens (primary N) is 2. The van der Waals surface area contributed by atoms with Crippen molar-refractivity contribution in [3.63, 3.8) is 0 Å². The van der Waals surface area contributed by atoms with Crippen LogP contribution in [0.5, 0.6) is 0 Å². The number of hydrogen-bond acceptors (Lipinski definition) is 8. The first kappa shape index (κ1) is 19.8. The van der Waals surface area contributed by atoms with Gasteiger partial charge in [0.2, 0.25) is 0 Å². The molecule has 0 unspecified atom stereocenters. The highest BCUT2D eigenvalue weighted by Crippen LogP contribution is 2.48. The van der Waals surface area contributed by atoms with Gasteiger partial charge in [-0.2, -0.15) is 5.10 Å². The van der Waals surface area contributed by atoms with E-state index in [1.165, 1.54) is 11.8 Å². The number of halogens is 1. The van der Waals surface area contributed by atoms with Gasteiger partial charge in [0.05, 0.1) is 23.0 Å². The van der Waals surface area contributed by atoms with Gasteiger partial charge < -0.3 is 16.4 Å². The molecular formula is C21H22ClN9S. The Hall–Kier alpha value is -2.82. The van der Waals surface area contributed by atoms with Gasteiger partial charge >= 0.3 is 0 Å². The number of aromatic nitrogens is 6. The molecule has 164 valence electrons. The fourth-order valence-corrected chi connectivity index (χ4v) is 6.02. The van der Waals surface area contributed by atoms with Crippen LogP contribution >= 0.6 is 23.4 Å². The largest absolute Gasteiger partial charge is 0.382 e. The quantitative estimate of drug-likeness (QED) is 0.472. The van der Waals surface area contributed by atoms with Crippen molar-refractivity contribution in [1.29, 1.82) is 0 Å². The average Bonchev–Trinajstić information content (AvgIpc) is 3.51. The SMILES string of the molecule is Nc1nccc(Sc2ncc(N3CCC4(CC3)Cn3nccc3[C@H]4N)n3ccnc23)c1Cl. The summed E-state index contributed by atoms with van der Waals surface area (Å²) in [6.07, 6.45) is 11.2. The van der Waals surface area contributed by atoms with E-state index in [1.54, 1.807) is 12.4 Å². The third-order valence-electron chi connectivity index (χ3n) is 6.74. The van der Waals surface area contributed by atoms with Gasteiger partial charge in [0.25, 0.3) is 0 Å². The number of nitrogen functional groups attached to an aromatic ring is 1. The van der Waals surface area contributed by atoms with Gasteiger partial charge in [-0.3, -0.25) is 9.08 Å². The van der Waals surface area contributed by atoms with Gasteiger partial charge in [-0.1, -0.05) is 23.4 Å². The Morgan fingerprint density at radius 1 is 1.09 bits per heavy atom. The van der Waals surface area contributed by atoms with Crippen LogP contribution in [0, 0.1) is 5.41 Å². The van der Waals surface area contributed by atoms with E-state index < -0.39 is 0 Å². The molecule has 4 aromatic heterocycles. The van der Waals surface area contributed by atoms with Gasteiger partial charge in [-0.25, -0.2) is 15.0 Å². The highest BCUT2D eigenvalue weighted by atomic mass is 35.5. The maximum Gasteiger partial charge on any atom is 0.171 e. The van der Waals surface area contributed by atoms with Crippen molar-refractivity contribution in [2.45, 2.75) is 35.3 Å². The second-order valence-electron chi connectivity index (χ2n) is 8.39. The van der Waals surface area contributed by atoms with E-state index in [0.717, 1.165) is 59.6 Å². The molecule has 4 aromatic rings. The van der Waals surface area contributed by atoms with Crippen LogP contribution in [0.3, 0.4) is 0 Å². The lowest BCUT2D eigenvalue weighted by Crippen LogP contribution is -2.45. The summed E-state index contributed by atoms with van der Waals surface area (Å²) in [4.78, 5) is 16.5. The summed E-state index contributed by atoms with van der Waals surface area (Å²) in [6.45, 7) is 2.72. The number of rotatable bonds is 3. The Bertz CT molecular complexity index is 1310. The van der Waals surface area contributed by atoms with Crippen LogP contribution < -0.4 is 16.4 Å². The van der Waals surface area contributed by atoms with E-state index in [2.05, 4.69) is 29.0 Å². The average molecular weight is 468 g/mol. The molecule has 0 aromatic carbocycles. The Balaban J connectivity index is 1.26. The van der Waals surface area contributed by atoms with E-state index in [1.807, 2.05) is 30.7 Å². The van der Waals surface area contributed by atoms with Crippen LogP contribution in [-0.2, 0) is 6.54 Å².